The number of rotatable bonds is 1. The van der Waals surface area contributed by atoms with Crippen molar-refractivity contribution in [1.29, 1.82) is 5.26 Å². The number of aromatic nitrogens is 2. The van der Waals surface area contributed by atoms with Gasteiger partial charge in [0, 0.05) is 12.4 Å². The van der Waals surface area contributed by atoms with E-state index in [4.69, 9.17) is 0 Å². The van der Waals surface area contributed by atoms with E-state index in [1.807, 2.05) is 29.9 Å². The summed E-state index contributed by atoms with van der Waals surface area (Å²) in [7, 11) is 1.94. The van der Waals surface area contributed by atoms with Crippen molar-refractivity contribution in [3.63, 3.8) is 0 Å². The van der Waals surface area contributed by atoms with Gasteiger partial charge in [-0.15, -0.1) is 0 Å². The number of hydrogen-bond donors (Lipinski definition) is 0. The Kier molecular flexibility index (Phi) is 1.81. The van der Waals surface area contributed by atoms with E-state index in [0.29, 0.717) is 0 Å². The lowest BCUT2D eigenvalue weighted by molar-refractivity contribution is 0.308. The van der Waals surface area contributed by atoms with E-state index in [9.17, 15) is 5.26 Å². The van der Waals surface area contributed by atoms with Crippen LogP contribution in [0.1, 0.15) is 25.0 Å². The van der Waals surface area contributed by atoms with Gasteiger partial charge in [0.05, 0.1) is 22.7 Å². The molecular formula is C13H13N3. The Morgan fingerprint density at radius 2 is 2.12 bits per heavy atom. The van der Waals surface area contributed by atoms with Crippen molar-refractivity contribution >= 4 is 10.9 Å². The van der Waals surface area contributed by atoms with E-state index in [1.165, 1.54) is 0 Å². The zero-order chi connectivity index (χ0) is 11.2. The van der Waals surface area contributed by atoms with Crippen LogP contribution >= 0.6 is 0 Å². The van der Waals surface area contributed by atoms with Crippen LogP contribution in [0, 0.1) is 11.3 Å². The van der Waals surface area contributed by atoms with Gasteiger partial charge in [-0.2, -0.15) is 10.4 Å². The molecule has 0 spiro atoms. The molecule has 1 aliphatic carbocycles. The van der Waals surface area contributed by atoms with Crippen LogP contribution in [0.4, 0.5) is 0 Å². The summed E-state index contributed by atoms with van der Waals surface area (Å²) < 4.78 is 1.88. The van der Waals surface area contributed by atoms with Crippen molar-refractivity contribution in [1.82, 2.24) is 9.78 Å². The number of nitriles is 1. The third-order valence-electron chi connectivity index (χ3n) is 3.61. The smallest absolute Gasteiger partial charge is 0.0996 e. The van der Waals surface area contributed by atoms with Crippen LogP contribution < -0.4 is 0 Å². The molecule has 1 aromatic heterocycles. The maximum Gasteiger partial charge on any atom is 0.0996 e. The highest BCUT2D eigenvalue weighted by molar-refractivity contribution is 5.83. The predicted molar refractivity (Wildman–Crippen MR) is 61.9 cm³/mol. The first-order valence-electron chi connectivity index (χ1n) is 5.60. The largest absolute Gasteiger partial charge is 0.270 e. The number of hydrogen-bond acceptors (Lipinski definition) is 2. The minimum atomic E-state index is -0.287. The van der Waals surface area contributed by atoms with Gasteiger partial charge in [-0.3, -0.25) is 4.68 Å². The van der Waals surface area contributed by atoms with Crippen LogP contribution in [-0.4, -0.2) is 9.78 Å². The quantitative estimate of drug-likeness (QED) is 0.727. The Bertz CT molecular complexity index is 585. The fraction of sp³-hybridized carbons (Fsp3) is 0.385. The Labute approximate surface area is 94.3 Å². The minimum Gasteiger partial charge on any atom is -0.270 e. The molecule has 0 N–H and O–H groups in total. The molecule has 1 saturated carbocycles. The molecule has 3 nitrogen and oxygen atoms in total. The van der Waals surface area contributed by atoms with Crippen molar-refractivity contribution in [2.24, 2.45) is 7.05 Å². The average Bonchev–Trinajstić information content (AvgIpc) is 2.56. The Balaban J connectivity index is 2.31. The first-order chi connectivity index (χ1) is 7.77. The molecule has 0 aliphatic heterocycles. The molecule has 0 radical (unpaired) electrons. The number of fused-ring (bicyclic) bond motifs is 1. The van der Waals surface area contributed by atoms with E-state index < -0.39 is 0 Å². The molecular weight excluding hydrogens is 198 g/mol. The molecule has 0 amide bonds. The van der Waals surface area contributed by atoms with E-state index in [0.717, 1.165) is 35.9 Å². The summed E-state index contributed by atoms with van der Waals surface area (Å²) in [6.45, 7) is 0. The molecule has 80 valence electrons. The lowest BCUT2D eigenvalue weighted by atomic mass is 9.67. The van der Waals surface area contributed by atoms with Gasteiger partial charge >= 0.3 is 0 Å². The van der Waals surface area contributed by atoms with E-state index in [2.05, 4.69) is 17.2 Å². The van der Waals surface area contributed by atoms with Gasteiger partial charge in [-0.1, -0.05) is 18.2 Å². The van der Waals surface area contributed by atoms with Crippen LogP contribution in [0.25, 0.3) is 10.9 Å². The van der Waals surface area contributed by atoms with Crippen LogP contribution in [0.2, 0.25) is 0 Å². The summed E-state index contributed by atoms with van der Waals surface area (Å²) in [4.78, 5) is 0. The fourth-order valence-corrected chi connectivity index (χ4v) is 2.65. The molecule has 0 unspecified atom stereocenters. The molecule has 1 aliphatic rings. The third kappa shape index (κ3) is 1.04. The first-order valence-corrected chi connectivity index (χ1v) is 5.60. The molecule has 0 atom stereocenters. The summed E-state index contributed by atoms with van der Waals surface area (Å²) >= 11 is 0. The van der Waals surface area contributed by atoms with Crippen molar-refractivity contribution in [3.8, 4) is 6.07 Å². The van der Waals surface area contributed by atoms with Crippen LogP contribution in [-0.2, 0) is 12.5 Å². The third-order valence-corrected chi connectivity index (χ3v) is 3.61. The SMILES string of the molecule is Cn1nc2ccccc2c1C1(C#N)CCC1. The second-order valence-electron chi connectivity index (χ2n) is 4.54. The molecule has 1 heterocycles. The topological polar surface area (TPSA) is 41.6 Å². The summed E-state index contributed by atoms with van der Waals surface area (Å²) in [5.74, 6) is 0. The highest BCUT2D eigenvalue weighted by atomic mass is 15.3. The molecule has 1 fully saturated rings. The summed E-state index contributed by atoms with van der Waals surface area (Å²) in [6, 6.07) is 10.6. The van der Waals surface area contributed by atoms with E-state index in [1.54, 1.807) is 0 Å². The van der Waals surface area contributed by atoms with Crippen LogP contribution in [0.3, 0.4) is 0 Å². The van der Waals surface area contributed by atoms with Gasteiger partial charge in [0.15, 0.2) is 0 Å². The molecule has 2 aromatic rings. The van der Waals surface area contributed by atoms with E-state index >= 15 is 0 Å². The maximum absolute atomic E-state index is 9.40. The second kappa shape index (κ2) is 3.08. The Morgan fingerprint density at radius 1 is 1.38 bits per heavy atom. The number of benzene rings is 1. The number of aryl methyl sites for hydroxylation is 1. The van der Waals surface area contributed by atoms with Crippen molar-refractivity contribution < 1.29 is 0 Å². The van der Waals surface area contributed by atoms with Gasteiger partial charge in [0.25, 0.3) is 0 Å². The van der Waals surface area contributed by atoms with Crippen molar-refractivity contribution in [2.75, 3.05) is 0 Å². The van der Waals surface area contributed by atoms with Gasteiger partial charge in [0.2, 0.25) is 0 Å². The molecule has 0 saturated heterocycles. The Hall–Kier alpha value is -1.82. The zero-order valence-electron chi connectivity index (χ0n) is 9.27. The van der Waals surface area contributed by atoms with Crippen molar-refractivity contribution in [3.05, 3.63) is 30.0 Å². The lowest BCUT2D eigenvalue weighted by Crippen LogP contribution is -2.34. The van der Waals surface area contributed by atoms with Gasteiger partial charge < -0.3 is 0 Å². The molecule has 3 rings (SSSR count). The van der Waals surface area contributed by atoms with Gasteiger partial charge in [-0.25, -0.2) is 0 Å². The lowest BCUT2D eigenvalue weighted by Gasteiger charge is -2.35. The fourth-order valence-electron chi connectivity index (χ4n) is 2.65. The normalized spacial score (nSPS) is 18.0. The average molecular weight is 211 g/mol. The van der Waals surface area contributed by atoms with Crippen molar-refractivity contribution in [2.45, 2.75) is 24.7 Å². The van der Waals surface area contributed by atoms with E-state index in [-0.39, 0.29) is 5.41 Å². The summed E-state index contributed by atoms with van der Waals surface area (Å²) in [5.41, 5.74) is 1.79. The standard InChI is InChI=1S/C13H13N3/c1-16-12(13(9-14)7-4-8-13)10-5-2-3-6-11(10)15-16/h2-3,5-6H,4,7-8H2,1H3. The van der Waals surface area contributed by atoms with Crippen LogP contribution in [0.15, 0.2) is 24.3 Å². The zero-order valence-corrected chi connectivity index (χ0v) is 9.27. The molecule has 0 bridgehead atoms. The second-order valence-corrected chi connectivity index (χ2v) is 4.54. The molecule has 3 heteroatoms. The number of nitrogens with zero attached hydrogens (tertiary/aromatic N) is 3. The molecule has 16 heavy (non-hydrogen) atoms. The minimum absolute atomic E-state index is 0.287. The summed E-state index contributed by atoms with van der Waals surface area (Å²) in [5, 5.41) is 15.0. The molecule has 1 aromatic carbocycles. The monoisotopic (exact) mass is 211 g/mol. The van der Waals surface area contributed by atoms with Crippen LogP contribution in [0.5, 0.6) is 0 Å². The summed E-state index contributed by atoms with van der Waals surface area (Å²) in [6.07, 6.45) is 3.08. The Morgan fingerprint density at radius 3 is 2.75 bits per heavy atom. The highest BCUT2D eigenvalue weighted by Crippen LogP contribution is 2.45. The highest BCUT2D eigenvalue weighted by Gasteiger charge is 2.42. The first kappa shape index (κ1) is 9.41. The maximum atomic E-state index is 9.40. The van der Waals surface area contributed by atoms with Gasteiger partial charge in [0.1, 0.15) is 0 Å². The van der Waals surface area contributed by atoms with Gasteiger partial charge in [-0.05, 0) is 25.3 Å². The predicted octanol–water partition coefficient (Wildman–Crippen LogP) is 2.52.